The number of phosphoric acid groups is 1. The van der Waals surface area contributed by atoms with E-state index in [-0.39, 0.29) is 32.6 Å². The molecule has 3 N–H and O–H groups in total. The molecule has 0 aliphatic carbocycles. The van der Waals surface area contributed by atoms with Gasteiger partial charge in [0, 0.05) is 19.4 Å². The Labute approximate surface area is 334 Å². The van der Waals surface area contributed by atoms with Crippen LogP contribution in [0.25, 0.3) is 0 Å². The summed E-state index contributed by atoms with van der Waals surface area (Å²) in [4.78, 5) is 34.8. The van der Waals surface area contributed by atoms with E-state index in [1.54, 1.807) is 0 Å². The lowest BCUT2D eigenvalue weighted by Crippen LogP contribution is -2.29. The molecule has 0 fully saturated rings. The summed E-state index contributed by atoms with van der Waals surface area (Å²) in [7, 11) is -4.40. The van der Waals surface area contributed by atoms with Crippen LogP contribution in [0.1, 0.15) is 155 Å². The zero-order valence-electron chi connectivity index (χ0n) is 34.4. The molecule has 10 heteroatoms. The second-order valence-corrected chi connectivity index (χ2v) is 14.9. The summed E-state index contributed by atoms with van der Waals surface area (Å²) < 4.78 is 32.7. The fraction of sp³-hybridized carbons (Fsp3) is 0.644. The van der Waals surface area contributed by atoms with Crippen LogP contribution in [0.2, 0.25) is 0 Å². The first-order chi connectivity index (χ1) is 26.8. The van der Waals surface area contributed by atoms with Gasteiger partial charge in [0.2, 0.25) is 0 Å². The summed E-state index contributed by atoms with van der Waals surface area (Å²) >= 11 is 0. The fourth-order valence-electron chi connectivity index (χ4n) is 5.17. The second-order valence-electron chi connectivity index (χ2n) is 13.5. The maximum Gasteiger partial charge on any atom is 0.472 e. The number of hydrogen-bond donors (Lipinski definition) is 2. The van der Waals surface area contributed by atoms with Crippen molar-refractivity contribution in [1.29, 1.82) is 0 Å². The summed E-state index contributed by atoms with van der Waals surface area (Å²) in [6, 6.07) is 0. The maximum atomic E-state index is 12.6. The quantitative estimate of drug-likeness (QED) is 0.0271. The molecule has 0 saturated heterocycles. The van der Waals surface area contributed by atoms with E-state index < -0.39 is 32.5 Å². The molecule has 55 heavy (non-hydrogen) atoms. The predicted molar refractivity (Wildman–Crippen MR) is 229 cm³/mol. The zero-order chi connectivity index (χ0) is 40.3. The number of unbranched alkanes of at least 4 members (excludes halogenated alkanes) is 11. The average Bonchev–Trinajstić information content (AvgIpc) is 3.17. The molecule has 9 nitrogen and oxygen atoms in total. The van der Waals surface area contributed by atoms with E-state index in [2.05, 4.69) is 98.9 Å². The molecule has 2 atom stereocenters. The van der Waals surface area contributed by atoms with E-state index in [1.165, 1.54) is 38.5 Å². The lowest BCUT2D eigenvalue weighted by atomic mass is 10.1. The van der Waals surface area contributed by atoms with Gasteiger partial charge in [0.1, 0.15) is 6.61 Å². The highest BCUT2D eigenvalue weighted by molar-refractivity contribution is 7.47. The van der Waals surface area contributed by atoms with E-state index in [0.29, 0.717) is 12.8 Å². The van der Waals surface area contributed by atoms with Gasteiger partial charge in [-0.3, -0.25) is 18.6 Å². The number of hydrogen-bond acceptors (Lipinski definition) is 8. The Morgan fingerprint density at radius 2 is 1.02 bits per heavy atom. The standard InChI is InChI=1S/C45H76NO8P/c1-3-5-7-9-11-13-15-17-19-21-23-25-27-29-31-33-35-37-44(47)51-41-43(42-53-55(49,50)52-40-39-46)54-45(48)38-36-34-32-30-28-26-24-22-20-18-16-14-12-10-8-6-4-2/h6,8,12,14,17-20,23-26,29,31,43H,3-5,7,9-11,13,15-16,21-22,27-28,30,32-42,46H2,1-2H3,(H,49,50)/b8-6-,14-12-,19-17-,20-18-,25-23-,26-24-,31-29-/t43-/m1/s1. The van der Waals surface area contributed by atoms with Crippen LogP contribution < -0.4 is 5.73 Å². The Balaban J connectivity index is 4.32. The molecule has 0 heterocycles. The summed E-state index contributed by atoms with van der Waals surface area (Å²) in [6.07, 6.45) is 50.5. The molecule has 0 aromatic rings. The van der Waals surface area contributed by atoms with Crippen molar-refractivity contribution >= 4 is 19.8 Å². The first kappa shape index (κ1) is 52.2. The molecule has 0 rings (SSSR count). The first-order valence-electron chi connectivity index (χ1n) is 21.1. The van der Waals surface area contributed by atoms with E-state index in [0.717, 1.165) is 77.0 Å². The fourth-order valence-corrected chi connectivity index (χ4v) is 5.93. The van der Waals surface area contributed by atoms with Gasteiger partial charge < -0.3 is 20.1 Å². The molecule has 0 aliphatic heterocycles. The number of ether oxygens (including phenoxy) is 2. The molecule has 0 aromatic heterocycles. The van der Waals surface area contributed by atoms with Crippen LogP contribution in [0.4, 0.5) is 0 Å². The van der Waals surface area contributed by atoms with Gasteiger partial charge in [-0.15, -0.1) is 0 Å². The van der Waals surface area contributed by atoms with E-state index in [4.69, 9.17) is 24.3 Å². The predicted octanol–water partition coefficient (Wildman–Crippen LogP) is 12.0. The molecular weight excluding hydrogens is 713 g/mol. The smallest absolute Gasteiger partial charge is 0.462 e. The summed E-state index contributed by atoms with van der Waals surface area (Å²) in [5.41, 5.74) is 5.34. The van der Waals surface area contributed by atoms with Gasteiger partial charge in [-0.25, -0.2) is 4.57 Å². The number of nitrogens with two attached hydrogens (primary N) is 1. The molecule has 0 radical (unpaired) electrons. The van der Waals surface area contributed by atoms with Gasteiger partial charge in [0.15, 0.2) is 6.10 Å². The van der Waals surface area contributed by atoms with E-state index in [1.807, 2.05) is 0 Å². The monoisotopic (exact) mass is 790 g/mol. The van der Waals surface area contributed by atoms with E-state index >= 15 is 0 Å². The Morgan fingerprint density at radius 3 is 1.55 bits per heavy atom. The van der Waals surface area contributed by atoms with Crippen LogP contribution in [0.5, 0.6) is 0 Å². The molecule has 1 unspecified atom stereocenters. The molecule has 0 bridgehead atoms. The van der Waals surface area contributed by atoms with Crippen molar-refractivity contribution < 1.29 is 37.6 Å². The minimum atomic E-state index is -4.40. The van der Waals surface area contributed by atoms with Gasteiger partial charge in [-0.1, -0.05) is 144 Å². The molecule has 0 amide bonds. The minimum absolute atomic E-state index is 0.0380. The molecule has 0 aliphatic rings. The largest absolute Gasteiger partial charge is 0.472 e. The van der Waals surface area contributed by atoms with Crippen molar-refractivity contribution in [3.63, 3.8) is 0 Å². The highest BCUT2D eigenvalue weighted by Gasteiger charge is 2.25. The van der Waals surface area contributed by atoms with Gasteiger partial charge in [0.25, 0.3) is 0 Å². The number of rotatable bonds is 38. The third-order valence-electron chi connectivity index (χ3n) is 8.27. The Hall–Kier alpha value is -2.81. The molecular formula is C45H76NO8P. The number of carbonyl (C=O) groups excluding carboxylic acids is 2. The van der Waals surface area contributed by atoms with Gasteiger partial charge >= 0.3 is 19.8 Å². The normalized spacial score (nSPS) is 14.2. The summed E-state index contributed by atoms with van der Waals surface area (Å²) in [6.45, 7) is 3.50. The van der Waals surface area contributed by atoms with Crippen molar-refractivity contribution in [3.8, 4) is 0 Å². The highest BCUT2D eigenvalue weighted by atomic mass is 31.2. The second kappa shape index (κ2) is 40.8. The highest BCUT2D eigenvalue weighted by Crippen LogP contribution is 2.43. The third-order valence-corrected chi connectivity index (χ3v) is 9.25. The lowest BCUT2D eigenvalue weighted by molar-refractivity contribution is -0.161. The number of allylic oxidation sites excluding steroid dienone is 14. The lowest BCUT2D eigenvalue weighted by Gasteiger charge is -2.19. The molecule has 314 valence electrons. The summed E-state index contributed by atoms with van der Waals surface area (Å²) in [5.74, 6) is -0.926. The molecule has 0 saturated carbocycles. The first-order valence-corrected chi connectivity index (χ1v) is 22.6. The van der Waals surface area contributed by atoms with E-state index in [9.17, 15) is 19.0 Å². The number of carbonyl (C=O) groups is 2. The number of esters is 2. The Morgan fingerprint density at radius 1 is 0.564 bits per heavy atom. The third kappa shape index (κ3) is 40.7. The van der Waals surface area contributed by atoms with Crippen molar-refractivity contribution in [2.24, 2.45) is 5.73 Å². The van der Waals surface area contributed by atoms with Crippen molar-refractivity contribution in [2.75, 3.05) is 26.4 Å². The Kier molecular flexibility index (Phi) is 38.8. The van der Waals surface area contributed by atoms with Crippen molar-refractivity contribution in [1.82, 2.24) is 0 Å². The van der Waals surface area contributed by atoms with Crippen molar-refractivity contribution in [2.45, 2.75) is 161 Å². The van der Waals surface area contributed by atoms with Crippen LogP contribution in [0.3, 0.4) is 0 Å². The van der Waals surface area contributed by atoms with Gasteiger partial charge in [-0.05, 0) is 83.5 Å². The average molecular weight is 790 g/mol. The topological polar surface area (TPSA) is 134 Å². The van der Waals surface area contributed by atoms with Gasteiger partial charge in [-0.2, -0.15) is 0 Å². The maximum absolute atomic E-state index is 12.6. The van der Waals surface area contributed by atoms with Crippen LogP contribution in [-0.2, 0) is 32.7 Å². The SMILES string of the molecule is CC/C=C\C/C=C\C/C=C\C/C=C\CCCCCCC(=O)O[C@H](COC(=O)CCC/C=C\C/C=C\C/C=C\CCCCCCCC)COP(=O)(O)OCCN. The van der Waals surface area contributed by atoms with Crippen LogP contribution in [0, 0.1) is 0 Å². The van der Waals surface area contributed by atoms with Gasteiger partial charge in [0.05, 0.1) is 13.2 Å². The van der Waals surface area contributed by atoms with Crippen LogP contribution in [-0.4, -0.2) is 49.3 Å². The molecule has 0 spiro atoms. The Bertz CT molecular complexity index is 1170. The zero-order valence-corrected chi connectivity index (χ0v) is 35.3. The molecule has 0 aromatic carbocycles. The van der Waals surface area contributed by atoms with Crippen molar-refractivity contribution in [3.05, 3.63) is 85.1 Å². The summed E-state index contributed by atoms with van der Waals surface area (Å²) in [5, 5.41) is 0. The van der Waals surface area contributed by atoms with Crippen LogP contribution >= 0.6 is 7.82 Å². The minimum Gasteiger partial charge on any atom is -0.462 e. The number of phosphoric ester groups is 1. The van der Waals surface area contributed by atoms with Crippen LogP contribution in [0.15, 0.2) is 85.1 Å².